The predicted molar refractivity (Wildman–Crippen MR) is 95.8 cm³/mol. The Morgan fingerprint density at radius 1 is 1.30 bits per heavy atom. The number of amides is 1. The van der Waals surface area contributed by atoms with E-state index in [1.165, 1.54) is 6.07 Å². The molecule has 2 atom stereocenters. The molecule has 0 unspecified atom stereocenters. The standard InChI is InChI=1S/C19H20F4N4O3/c1-10-9-29-15-6-12(16-24-18(30-25-16)19(21,22)23)5-14(20)13(15)8-27(10)17(28)11-3-4-26(2)7-11/h5-6,10-11H,3-4,7-9H2,1-2H3/t10-,11+/m1/s1. The Morgan fingerprint density at radius 3 is 2.70 bits per heavy atom. The average Bonchev–Trinajstić information content (AvgIpc) is 3.30. The Kier molecular flexibility index (Phi) is 5.16. The van der Waals surface area contributed by atoms with E-state index in [0.717, 1.165) is 19.0 Å². The lowest BCUT2D eigenvalue weighted by molar-refractivity contribution is -0.159. The van der Waals surface area contributed by atoms with Gasteiger partial charge in [0.1, 0.15) is 18.2 Å². The van der Waals surface area contributed by atoms with Crippen molar-refractivity contribution in [1.29, 1.82) is 0 Å². The molecule has 30 heavy (non-hydrogen) atoms. The molecule has 0 bridgehead atoms. The molecule has 0 aliphatic carbocycles. The Balaban J connectivity index is 1.62. The second-order valence-corrected chi connectivity index (χ2v) is 7.73. The highest BCUT2D eigenvalue weighted by Crippen LogP contribution is 2.35. The number of nitrogens with zero attached hydrogens (tertiary/aromatic N) is 4. The Morgan fingerprint density at radius 2 is 2.07 bits per heavy atom. The van der Waals surface area contributed by atoms with Crippen LogP contribution in [0.3, 0.4) is 0 Å². The average molecular weight is 428 g/mol. The van der Waals surface area contributed by atoms with Gasteiger partial charge in [-0.3, -0.25) is 4.79 Å². The van der Waals surface area contributed by atoms with Crippen molar-refractivity contribution in [1.82, 2.24) is 19.9 Å². The summed E-state index contributed by atoms with van der Waals surface area (Å²) in [7, 11) is 1.95. The molecule has 1 fully saturated rings. The monoisotopic (exact) mass is 428 g/mol. The number of carbonyl (C=O) groups excluding carboxylic acids is 1. The summed E-state index contributed by atoms with van der Waals surface area (Å²) in [6.07, 6.45) is -4.05. The predicted octanol–water partition coefficient (Wildman–Crippen LogP) is 2.96. The molecule has 1 aromatic carbocycles. The summed E-state index contributed by atoms with van der Waals surface area (Å²) in [5.74, 6) is -2.68. The van der Waals surface area contributed by atoms with E-state index in [2.05, 4.69) is 19.6 Å². The second kappa shape index (κ2) is 7.53. The van der Waals surface area contributed by atoms with Crippen molar-refractivity contribution in [3.8, 4) is 17.1 Å². The van der Waals surface area contributed by atoms with Gasteiger partial charge in [-0.25, -0.2) is 4.39 Å². The fourth-order valence-corrected chi connectivity index (χ4v) is 3.77. The summed E-state index contributed by atoms with van der Waals surface area (Å²) in [5.41, 5.74) is 0.165. The SMILES string of the molecule is C[C@@H]1COc2cc(-c3noc(C(F)(F)F)n3)cc(F)c2CN1C(=O)[C@H]1CCN(C)C1. The zero-order valence-corrected chi connectivity index (χ0v) is 16.4. The molecule has 0 radical (unpaired) electrons. The molecular formula is C19H20F4N4O3. The maximum absolute atomic E-state index is 14.9. The molecule has 11 heteroatoms. The third-order valence-corrected chi connectivity index (χ3v) is 5.45. The van der Waals surface area contributed by atoms with E-state index in [1.807, 2.05) is 14.0 Å². The molecule has 162 valence electrons. The molecule has 2 aliphatic heterocycles. The van der Waals surface area contributed by atoms with Crippen molar-refractivity contribution in [2.75, 3.05) is 26.7 Å². The molecule has 7 nitrogen and oxygen atoms in total. The number of carbonyl (C=O) groups is 1. The number of fused-ring (bicyclic) bond motifs is 1. The van der Waals surface area contributed by atoms with Crippen LogP contribution in [0, 0.1) is 11.7 Å². The lowest BCUT2D eigenvalue weighted by atomic mass is 10.0. The summed E-state index contributed by atoms with van der Waals surface area (Å²) >= 11 is 0. The van der Waals surface area contributed by atoms with Crippen molar-refractivity contribution in [3.63, 3.8) is 0 Å². The molecule has 2 aliphatic rings. The van der Waals surface area contributed by atoms with Crippen LogP contribution in [-0.4, -0.2) is 58.6 Å². The molecule has 1 aromatic heterocycles. The van der Waals surface area contributed by atoms with E-state index < -0.39 is 23.7 Å². The van der Waals surface area contributed by atoms with Crippen LogP contribution in [-0.2, 0) is 17.5 Å². The van der Waals surface area contributed by atoms with Crippen LogP contribution < -0.4 is 4.74 Å². The molecule has 1 amide bonds. The molecule has 1 saturated heterocycles. The van der Waals surface area contributed by atoms with Gasteiger partial charge in [-0.1, -0.05) is 5.16 Å². The van der Waals surface area contributed by atoms with Crippen LogP contribution >= 0.6 is 0 Å². The number of aromatic nitrogens is 2. The Bertz CT molecular complexity index is 962. The number of hydrogen-bond acceptors (Lipinski definition) is 6. The van der Waals surface area contributed by atoms with E-state index in [0.29, 0.717) is 6.54 Å². The highest BCUT2D eigenvalue weighted by atomic mass is 19.4. The number of alkyl halides is 3. The number of likely N-dealkylation sites (tertiary alicyclic amines) is 1. The number of rotatable bonds is 2. The van der Waals surface area contributed by atoms with Crippen LogP contribution in [0.1, 0.15) is 24.8 Å². The molecule has 0 saturated carbocycles. The third kappa shape index (κ3) is 3.85. The first-order chi connectivity index (χ1) is 14.1. The van der Waals surface area contributed by atoms with Crippen LogP contribution in [0.15, 0.2) is 16.7 Å². The molecule has 3 heterocycles. The van der Waals surface area contributed by atoms with Crippen molar-refractivity contribution >= 4 is 5.91 Å². The zero-order chi connectivity index (χ0) is 21.6. The van der Waals surface area contributed by atoms with Crippen molar-refractivity contribution in [2.24, 2.45) is 5.92 Å². The molecular weight excluding hydrogens is 408 g/mol. The van der Waals surface area contributed by atoms with Crippen LogP contribution in [0.25, 0.3) is 11.4 Å². The maximum Gasteiger partial charge on any atom is 0.471 e. The fraction of sp³-hybridized carbons (Fsp3) is 0.526. The summed E-state index contributed by atoms with van der Waals surface area (Å²) in [6, 6.07) is 2.10. The van der Waals surface area contributed by atoms with E-state index in [-0.39, 0.29) is 47.9 Å². The summed E-state index contributed by atoms with van der Waals surface area (Å²) in [5, 5.41) is 3.29. The summed E-state index contributed by atoms with van der Waals surface area (Å²) in [4.78, 5) is 20.0. The topological polar surface area (TPSA) is 71.7 Å². The summed E-state index contributed by atoms with van der Waals surface area (Å²) in [6.45, 7) is 3.44. The van der Waals surface area contributed by atoms with Crippen LogP contribution in [0.4, 0.5) is 17.6 Å². The van der Waals surface area contributed by atoms with Gasteiger partial charge in [0.2, 0.25) is 11.7 Å². The van der Waals surface area contributed by atoms with Gasteiger partial charge in [0.05, 0.1) is 18.5 Å². The quantitative estimate of drug-likeness (QED) is 0.685. The minimum Gasteiger partial charge on any atom is -0.491 e. The molecule has 0 N–H and O–H groups in total. The fourth-order valence-electron chi connectivity index (χ4n) is 3.77. The second-order valence-electron chi connectivity index (χ2n) is 7.73. The van der Waals surface area contributed by atoms with Crippen LogP contribution in [0.5, 0.6) is 5.75 Å². The largest absolute Gasteiger partial charge is 0.491 e. The van der Waals surface area contributed by atoms with Gasteiger partial charge >= 0.3 is 12.1 Å². The number of benzene rings is 1. The van der Waals surface area contributed by atoms with Gasteiger partial charge in [0.25, 0.3) is 0 Å². The smallest absolute Gasteiger partial charge is 0.471 e. The van der Waals surface area contributed by atoms with Crippen molar-refractivity contribution in [3.05, 3.63) is 29.4 Å². The van der Waals surface area contributed by atoms with Gasteiger partial charge in [-0.2, -0.15) is 18.2 Å². The van der Waals surface area contributed by atoms with E-state index >= 15 is 0 Å². The number of hydrogen-bond donors (Lipinski definition) is 0. The van der Waals surface area contributed by atoms with Crippen LogP contribution in [0.2, 0.25) is 0 Å². The van der Waals surface area contributed by atoms with Gasteiger partial charge in [0, 0.05) is 17.7 Å². The highest BCUT2D eigenvalue weighted by Gasteiger charge is 2.39. The lowest BCUT2D eigenvalue weighted by Crippen LogP contribution is -2.43. The normalized spacial score (nSPS) is 22.5. The number of halogens is 4. The highest BCUT2D eigenvalue weighted by molar-refractivity contribution is 5.80. The minimum absolute atomic E-state index is 0.00431. The molecule has 4 rings (SSSR count). The Labute approximate surface area is 169 Å². The third-order valence-electron chi connectivity index (χ3n) is 5.45. The first-order valence-electron chi connectivity index (χ1n) is 9.49. The zero-order valence-electron chi connectivity index (χ0n) is 16.4. The van der Waals surface area contributed by atoms with Gasteiger partial charge in [0.15, 0.2) is 0 Å². The van der Waals surface area contributed by atoms with E-state index in [1.54, 1.807) is 4.90 Å². The van der Waals surface area contributed by atoms with Gasteiger partial charge < -0.3 is 19.1 Å². The van der Waals surface area contributed by atoms with E-state index in [4.69, 9.17) is 4.74 Å². The first kappa shape index (κ1) is 20.6. The Hall–Kier alpha value is -2.69. The van der Waals surface area contributed by atoms with E-state index in [9.17, 15) is 22.4 Å². The lowest BCUT2D eigenvalue weighted by Gasteiger charge is -2.29. The van der Waals surface area contributed by atoms with Gasteiger partial charge in [-0.15, -0.1) is 0 Å². The molecule has 2 aromatic rings. The van der Waals surface area contributed by atoms with Gasteiger partial charge in [-0.05, 0) is 39.1 Å². The van der Waals surface area contributed by atoms with Crippen molar-refractivity contribution < 1.29 is 31.6 Å². The number of ether oxygens (including phenoxy) is 1. The summed E-state index contributed by atoms with van der Waals surface area (Å²) < 4.78 is 62.9. The maximum atomic E-state index is 14.9. The van der Waals surface area contributed by atoms with Crippen molar-refractivity contribution in [2.45, 2.75) is 32.1 Å². The minimum atomic E-state index is -4.80. The molecule has 0 spiro atoms. The first-order valence-corrected chi connectivity index (χ1v) is 9.49.